The number of hydrogen-bond acceptors (Lipinski definition) is 9. The van der Waals surface area contributed by atoms with Gasteiger partial charge in [0.15, 0.2) is 0 Å². The van der Waals surface area contributed by atoms with Crippen molar-refractivity contribution in [2.45, 2.75) is 32.2 Å². The number of pyridine rings is 1. The molecule has 3 N–H and O–H groups in total. The predicted octanol–water partition coefficient (Wildman–Crippen LogP) is 5.35. The topological polar surface area (TPSA) is 107 Å². The molecule has 2 aliphatic rings. The Morgan fingerprint density at radius 2 is 1.80 bits per heavy atom. The second kappa shape index (κ2) is 12.2. The van der Waals surface area contributed by atoms with Gasteiger partial charge in [-0.15, -0.1) is 11.3 Å². The van der Waals surface area contributed by atoms with Crippen molar-refractivity contribution in [2.24, 2.45) is 0 Å². The van der Waals surface area contributed by atoms with Gasteiger partial charge in [-0.25, -0.2) is 0 Å². The zero-order valence-corrected chi connectivity index (χ0v) is 25.2. The van der Waals surface area contributed by atoms with Gasteiger partial charge in [-0.05, 0) is 79.2 Å². The summed E-state index contributed by atoms with van der Waals surface area (Å²) in [5.74, 6) is -0.208. The minimum Gasteiger partial charge on any atom is -0.380 e. The lowest BCUT2D eigenvalue weighted by Crippen LogP contribution is -2.42. The van der Waals surface area contributed by atoms with Gasteiger partial charge in [0.25, 0.3) is 16.8 Å². The molecule has 7 rings (SSSR count). The van der Waals surface area contributed by atoms with E-state index in [4.69, 9.17) is 0 Å². The summed E-state index contributed by atoms with van der Waals surface area (Å²) in [4.78, 5) is 48.0. The largest absolute Gasteiger partial charge is 0.380 e. The monoisotopic (exact) mass is 606 g/mol. The van der Waals surface area contributed by atoms with E-state index >= 15 is 0 Å². The molecule has 0 atom stereocenters. The molecule has 1 amide bonds. The van der Waals surface area contributed by atoms with E-state index in [1.165, 1.54) is 30.6 Å². The fourth-order valence-corrected chi connectivity index (χ4v) is 7.09. The molecule has 0 radical (unpaired) electrons. The molecule has 2 aromatic heterocycles. The lowest BCUT2D eigenvalue weighted by Gasteiger charge is -2.28. The van der Waals surface area contributed by atoms with Crippen LogP contribution in [-0.2, 0) is 13.0 Å². The van der Waals surface area contributed by atoms with E-state index in [0.29, 0.717) is 41.6 Å². The molecule has 44 heavy (non-hydrogen) atoms. The number of rotatable bonds is 10. The lowest BCUT2D eigenvalue weighted by atomic mass is 10.1. The summed E-state index contributed by atoms with van der Waals surface area (Å²) in [6.07, 6.45) is 6.26. The Labute approximate surface area is 259 Å². The summed E-state index contributed by atoms with van der Waals surface area (Å²) in [5, 5.41) is 12.7. The number of piperidine rings is 1. The maximum Gasteiger partial charge on any atom is 0.267 e. The smallest absolute Gasteiger partial charge is 0.267 e. The van der Waals surface area contributed by atoms with E-state index in [9.17, 15) is 14.4 Å². The zero-order chi connectivity index (χ0) is 30.0. The van der Waals surface area contributed by atoms with Crippen LogP contribution < -0.4 is 31.7 Å². The number of thiophene rings is 1. The number of carbonyl (C=O) groups is 1. The van der Waals surface area contributed by atoms with E-state index in [-0.39, 0.29) is 5.91 Å². The quantitative estimate of drug-likeness (QED) is 0.183. The first-order chi connectivity index (χ1) is 21.6. The van der Waals surface area contributed by atoms with Crippen molar-refractivity contribution < 1.29 is 4.79 Å². The maximum atomic E-state index is 13.4. The zero-order valence-electron chi connectivity index (χ0n) is 24.4. The van der Waals surface area contributed by atoms with Gasteiger partial charge < -0.3 is 25.8 Å². The molecular weight excluding hydrogens is 572 g/mol. The number of nitrogens with one attached hydrogen (secondary N) is 3. The first-order valence-corrected chi connectivity index (χ1v) is 16.1. The van der Waals surface area contributed by atoms with Gasteiger partial charge in [-0.1, -0.05) is 30.7 Å². The van der Waals surface area contributed by atoms with E-state index in [1.54, 1.807) is 6.20 Å². The summed E-state index contributed by atoms with van der Waals surface area (Å²) < 4.78 is 0. The molecule has 9 nitrogen and oxygen atoms in total. The van der Waals surface area contributed by atoms with Crippen LogP contribution in [0.25, 0.3) is 10.9 Å². The van der Waals surface area contributed by atoms with Gasteiger partial charge in [0.1, 0.15) is 16.3 Å². The number of anilines is 5. The van der Waals surface area contributed by atoms with Crippen LogP contribution in [0.5, 0.6) is 0 Å². The van der Waals surface area contributed by atoms with Crippen molar-refractivity contribution in [3.63, 3.8) is 0 Å². The van der Waals surface area contributed by atoms with Crippen molar-refractivity contribution in [1.82, 2.24) is 9.88 Å². The minimum absolute atomic E-state index is 0.208. The van der Waals surface area contributed by atoms with E-state index < -0.39 is 10.9 Å². The molecule has 5 aromatic rings. The molecule has 1 saturated heterocycles. The Morgan fingerprint density at radius 3 is 2.68 bits per heavy atom. The van der Waals surface area contributed by atoms with Crippen LogP contribution in [-0.4, -0.2) is 48.5 Å². The van der Waals surface area contributed by atoms with Gasteiger partial charge in [0.2, 0.25) is 0 Å². The van der Waals surface area contributed by atoms with Gasteiger partial charge >= 0.3 is 0 Å². The van der Waals surface area contributed by atoms with Gasteiger partial charge in [0.05, 0.1) is 11.2 Å². The number of aromatic nitrogens is 1. The first-order valence-electron chi connectivity index (χ1n) is 15.2. The van der Waals surface area contributed by atoms with Crippen LogP contribution in [0.2, 0.25) is 0 Å². The number of para-hydroxylation sites is 1. The van der Waals surface area contributed by atoms with Gasteiger partial charge in [0, 0.05) is 49.1 Å². The van der Waals surface area contributed by atoms with Crippen LogP contribution in [0.15, 0.2) is 75.8 Å². The highest BCUT2D eigenvalue weighted by molar-refractivity contribution is 7.12. The molecule has 2 aliphatic heterocycles. The number of carbonyl (C=O) groups excluding carboxylic acids is 1. The number of amides is 1. The molecule has 1 fully saturated rings. The summed E-state index contributed by atoms with van der Waals surface area (Å²) in [7, 11) is 0. The third kappa shape index (κ3) is 5.46. The Hall–Kier alpha value is -4.54. The lowest BCUT2D eigenvalue weighted by molar-refractivity contribution is 0.103. The van der Waals surface area contributed by atoms with Gasteiger partial charge in [-0.3, -0.25) is 19.4 Å². The van der Waals surface area contributed by atoms with Crippen molar-refractivity contribution in [2.75, 3.05) is 53.6 Å². The average molecular weight is 607 g/mol. The van der Waals surface area contributed by atoms with Crippen molar-refractivity contribution in [3.05, 3.63) is 103 Å². The second-order valence-electron chi connectivity index (χ2n) is 11.4. The van der Waals surface area contributed by atoms with Gasteiger partial charge in [-0.2, -0.15) is 0 Å². The van der Waals surface area contributed by atoms with E-state index in [0.717, 1.165) is 59.5 Å². The molecule has 0 saturated carbocycles. The second-order valence-corrected chi connectivity index (χ2v) is 12.3. The standard InChI is InChI=1S/C34H34N6O3S/c41-31-29(36-14-18-39-15-4-1-5-16-39)30(32(31)42)40-17-11-22-8-9-24(20-28(22)40)38-34(43)33-27(12-19-44-33)37-21-23-10-13-35-26-7-3-2-6-25(23)26/h2-3,6-10,12-13,19-20,36-37H,1,4-5,11,14-18,21H2,(H,38,43). The van der Waals surface area contributed by atoms with Crippen LogP contribution in [0.4, 0.5) is 28.4 Å². The molecule has 10 heteroatoms. The third-order valence-corrected chi connectivity index (χ3v) is 9.57. The normalized spacial score (nSPS) is 15.0. The van der Waals surface area contributed by atoms with Crippen molar-refractivity contribution in [3.8, 4) is 0 Å². The van der Waals surface area contributed by atoms with E-state index in [1.807, 2.05) is 58.8 Å². The molecular formula is C34H34N6O3S. The highest BCUT2D eigenvalue weighted by Gasteiger charge is 2.31. The highest BCUT2D eigenvalue weighted by atomic mass is 32.1. The third-order valence-electron chi connectivity index (χ3n) is 8.65. The predicted molar refractivity (Wildman–Crippen MR) is 179 cm³/mol. The molecule has 3 aromatic carbocycles. The number of benzene rings is 2. The SMILES string of the molecule is O=C(Nc1ccc2c(c1)N(c1c(NCCN3CCCCC3)c(=O)c1=O)CC2)c1sccc1NCc1ccnc2ccccc12. The molecule has 224 valence electrons. The highest BCUT2D eigenvalue weighted by Crippen LogP contribution is 2.38. The van der Waals surface area contributed by atoms with Crippen molar-refractivity contribution >= 4 is 56.6 Å². The molecule has 0 spiro atoms. The molecule has 0 bridgehead atoms. The average Bonchev–Trinajstić information content (AvgIpc) is 3.70. The Balaban J connectivity index is 1.04. The first kappa shape index (κ1) is 28.2. The minimum atomic E-state index is -0.455. The summed E-state index contributed by atoms with van der Waals surface area (Å²) in [5.41, 5.74) is 5.31. The summed E-state index contributed by atoms with van der Waals surface area (Å²) >= 11 is 1.38. The van der Waals surface area contributed by atoms with Crippen LogP contribution in [0, 0.1) is 0 Å². The van der Waals surface area contributed by atoms with E-state index in [2.05, 4.69) is 31.9 Å². The summed E-state index contributed by atoms with van der Waals surface area (Å²) in [6, 6.07) is 17.7. The fraction of sp³-hybridized carbons (Fsp3) is 0.294. The number of likely N-dealkylation sites (tertiary alicyclic amines) is 1. The Morgan fingerprint density at radius 1 is 0.932 bits per heavy atom. The summed E-state index contributed by atoms with van der Waals surface area (Å²) in [6.45, 7) is 4.82. The Bertz CT molecular complexity index is 1900. The number of fused-ring (bicyclic) bond motifs is 2. The Kier molecular flexibility index (Phi) is 7.84. The van der Waals surface area contributed by atoms with Crippen LogP contribution in [0.3, 0.4) is 0 Å². The molecule has 0 aliphatic carbocycles. The molecule has 4 heterocycles. The van der Waals surface area contributed by atoms with Crippen LogP contribution >= 0.6 is 11.3 Å². The maximum absolute atomic E-state index is 13.4. The number of hydrogen-bond donors (Lipinski definition) is 3. The molecule has 0 unspecified atom stereocenters. The van der Waals surface area contributed by atoms with Crippen molar-refractivity contribution in [1.29, 1.82) is 0 Å². The number of nitrogens with zero attached hydrogens (tertiary/aromatic N) is 3. The van der Waals surface area contributed by atoms with Crippen LogP contribution in [0.1, 0.15) is 40.1 Å². The fourth-order valence-electron chi connectivity index (χ4n) is 6.32.